The Morgan fingerprint density at radius 3 is 2.08 bits per heavy atom. The van der Waals surface area contributed by atoms with Crippen LogP contribution in [0.25, 0.3) is 0 Å². The van der Waals surface area contributed by atoms with Gasteiger partial charge in [-0.05, 0) is 41.5 Å². The third kappa shape index (κ3) is 2.94. The van der Waals surface area contributed by atoms with Crippen LogP contribution in [0.5, 0.6) is 23.0 Å². The molecule has 0 spiro atoms. The van der Waals surface area contributed by atoms with Crippen LogP contribution in [0.1, 0.15) is 28.5 Å². The van der Waals surface area contributed by atoms with Crippen molar-refractivity contribution < 1.29 is 19.7 Å². The highest BCUT2D eigenvalue weighted by Gasteiger charge is 2.33. The van der Waals surface area contributed by atoms with E-state index in [2.05, 4.69) is 0 Å². The standard InChI is InChI=1S/C22H20O4/c1-25-18-10-11-19-21(12-18)26-13-20(14-2-6-16(23)7-3-14)22(19)15-4-8-17(24)9-5-15/h2-12,20,22-24H,13H2,1H3. The molecule has 26 heavy (non-hydrogen) atoms. The van der Waals surface area contributed by atoms with Gasteiger partial charge in [0.15, 0.2) is 0 Å². The number of ether oxygens (including phenoxy) is 2. The third-order valence-corrected chi connectivity index (χ3v) is 4.95. The highest BCUT2D eigenvalue weighted by atomic mass is 16.5. The van der Waals surface area contributed by atoms with E-state index in [0.29, 0.717) is 6.61 Å². The number of hydrogen-bond acceptors (Lipinski definition) is 4. The van der Waals surface area contributed by atoms with Crippen molar-refractivity contribution in [3.05, 3.63) is 83.4 Å². The van der Waals surface area contributed by atoms with Gasteiger partial charge in [-0.1, -0.05) is 30.3 Å². The van der Waals surface area contributed by atoms with Gasteiger partial charge in [-0.2, -0.15) is 0 Å². The Morgan fingerprint density at radius 2 is 1.46 bits per heavy atom. The van der Waals surface area contributed by atoms with Crippen molar-refractivity contribution in [1.29, 1.82) is 0 Å². The summed E-state index contributed by atoms with van der Waals surface area (Å²) in [6.07, 6.45) is 0. The first-order valence-electron chi connectivity index (χ1n) is 8.54. The van der Waals surface area contributed by atoms with Gasteiger partial charge in [-0.3, -0.25) is 0 Å². The molecule has 4 heteroatoms. The monoisotopic (exact) mass is 348 g/mol. The molecule has 0 saturated heterocycles. The molecular weight excluding hydrogens is 328 g/mol. The lowest BCUT2D eigenvalue weighted by Gasteiger charge is -2.34. The number of fused-ring (bicyclic) bond motifs is 1. The minimum atomic E-state index is 0.0785. The van der Waals surface area contributed by atoms with Crippen molar-refractivity contribution in [1.82, 2.24) is 0 Å². The van der Waals surface area contributed by atoms with Gasteiger partial charge in [-0.15, -0.1) is 0 Å². The van der Waals surface area contributed by atoms with Crippen molar-refractivity contribution in [2.75, 3.05) is 13.7 Å². The molecule has 0 aliphatic carbocycles. The summed E-state index contributed by atoms with van der Waals surface area (Å²) in [5.74, 6) is 2.25. The summed E-state index contributed by atoms with van der Waals surface area (Å²) < 4.78 is 11.4. The predicted molar refractivity (Wildman–Crippen MR) is 99.3 cm³/mol. The Hall–Kier alpha value is -3.14. The Kier molecular flexibility index (Phi) is 4.17. The van der Waals surface area contributed by atoms with E-state index in [1.165, 1.54) is 0 Å². The number of aromatic hydroxyl groups is 2. The zero-order valence-corrected chi connectivity index (χ0v) is 14.4. The van der Waals surface area contributed by atoms with E-state index < -0.39 is 0 Å². The fourth-order valence-corrected chi connectivity index (χ4v) is 3.62. The molecule has 0 fully saturated rings. The van der Waals surface area contributed by atoms with E-state index in [9.17, 15) is 10.2 Å². The molecule has 0 bridgehead atoms. The van der Waals surface area contributed by atoms with Crippen LogP contribution >= 0.6 is 0 Å². The van der Waals surface area contributed by atoms with E-state index in [1.54, 1.807) is 31.4 Å². The highest BCUT2D eigenvalue weighted by Crippen LogP contribution is 2.47. The topological polar surface area (TPSA) is 58.9 Å². The van der Waals surface area contributed by atoms with Crippen LogP contribution in [0.15, 0.2) is 66.7 Å². The maximum atomic E-state index is 9.66. The largest absolute Gasteiger partial charge is 0.508 e. The molecule has 1 heterocycles. The normalized spacial score (nSPS) is 18.7. The lowest BCUT2D eigenvalue weighted by Crippen LogP contribution is -2.25. The van der Waals surface area contributed by atoms with Gasteiger partial charge in [0.2, 0.25) is 0 Å². The molecule has 0 saturated carbocycles. The quantitative estimate of drug-likeness (QED) is 0.736. The summed E-state index contributed by atoms with van der Waals surface area (Å²) in [6.45, 7) is 0.524. The van der Waals surface area contributed by atoms with E-state index >= 15 is 0 Å². The number of hydrogen-bond donors (Lipinski definition) is 2. The van der Waals surface area contributed by atoms with Crippen LogP contribution in [0.2, 0.25) is 0 Å². The molecule has 2 unspecified atom stereocenters. The Labute approximate surface area is 152 Å². The van der Waals surface area contributed by atoms with Gasteiger partial charge in [0.05, 0.1) is 13.7 Å². The number of methoxy groups -OCH3 is 1. The van der Waals surface area contributed by atoms with Crippen LogP contribution in [0.3, 0.4) is 0 Å². The summed E-state index contributed by atoms with van der Waals surface area (Å²) in [5.41, 5.74) is 3.29. The van der Waals surface area contributed by atoms with E-state index in [-0.39, 0.29) is 23.3 Å². The molecule has 0 radical (unpaired) electrons. The Bertz CT molecular complexity index is 900. The van der Waals surface area contributed by atoms with E-state index in [1.807, 2.05) is 42.5 Å². The van der Waals surface area contributed by atoms with Crippen LogP contribution < -0.4 is 9.47 Å². The zero-order valence-electron chi connectivity index (χ0n) is 14.4. The lowest BCUT2D eigenvalue weighted by atomic mass is 9.76. The van der Waals surface area contributed by atoms with Crippen LogP contribution in [0.4, 0.5) is 0 Å². The molecule has 1 aliphatic heterocycles. The summed E-state index contributed by atoms with van der Waals surface area (Å²) in [7, 11) is 1.64. The molecule has 132 valence electrons. The molecule has 2 N–H and O–H groups in total. The van der Waals surface area contributed by atoms with Gasteiger partial charge in [-0.25, -0.2) is 0 Å². The summed E-state index contributed by atoms with van der Waals surface area (Å²) >= 11 is 0. The SMILES string of the molecule is COc1ccc2c(c1)OCC(c1ccc(O)cc1)C2c1ccc(O)cc1. The highest BCUT2D eigenvalue weighted by molar-refractivity contribution is 5.51. The molecule has 4 rings (SSSR count). The van der Waals surface area contributed by atoms with Gasteiger partial charge < -0.3 is 19.7 Å². The Morgan fingerprint density at radius 1 is 0.846 bits per heavy atom. The molecule has 4 nitrogen and oxygen atoms in total. The molecule has 3 aromatic carbocycles. The van der Waals surface area contributed by atoms with Gasteiger partial charge in [0.1, 0.15) is 23.0 Å². The first-order chi connectivity index (χ1) is 12.7. The van der Waals surface area contributed by atoms with Gasteiger partial charge in [0.25, 0.3) is 0 Å². The van der Waals surface area contributed by atoms with E-state index in [0.717, 1.165) is 28.2 Å². The minimum Gasteiger partial charge on any atom is -0.508 e. The summed E-state index contributed by atoms with van der Waals surface area (Å²) in [5, 5.41) is 19.3. The average molecular weight is 348 g/mol. The minimum absolute atomic E-state index is 0.0785. The van der Waals surface area contributed by atoms with Crippen LogP contribution in [-0.2, 0) is 0 Å². The van der Waals surface area contributed by atoms with Gasteiger partial charge in [0, 0.05) is 23.5 Å². The first kappa shape index (κ1) is 16.3. The second kappa shape index (κ2) is 6.64. The first-order valence-corrected chi connectivity index (χ1v) is 8.54. The Balaban J connectivity index is 1.83. The van der Waals surface area contributed by atoms with Gasteiger partial charge >= 0.3 is 0 Å². The molecular formula is C22H20O4. The third-order valence-electron chi connectivity index (χ3n) is 4.95. The lowest BCUT2D eigenvalue weighted by molar-refractivity contribution is 0.247. The second-order valence-corrected chi connectivity index (χ2v) is 6.48. The number of benzene rings is 3. The fraction of sp³-hybridized carbons (Fsp3) is 0.182. The smallest absolute Gasteiger partial charge is 0.126 e. The van der Waals surface area contributed by atoms with Crippen molar-refractivity contribution >= 4 is 0 Å². The van der Waals surface area contributed by atoms with Crippen molar-refractivity contribution in [3.63, 3.8) is 0 Å². The van der Waals surface area contributed by atoms with Crippen LogP contribution in [0, 0.1) is 0 Å². The summed E-state index contributed by atoms with van der Waals surface area (Å²) in [6, 6.07) is 20.5. The number of rotatable bonds is 3. The molecule has 2 atom stereocenters. The molecule has 0 aromatic heterocycles. The van der Waals surface area contributed by atoms with Crippen molar-refractivity contribution in [3.8, 4) is 23.0 Å². The van der Waals surface area contributed by atoms with Crippen LogP contribution in [-0.4, -0.2) is 23.9 Å². The maximum Gasteiger partial charge on any atom is 0.126 e. The molecule has 1 aliphatic rings. The van der Waals surface area contributed by atoms with Crippen molar-refractivity contribution in [2.45, 2.75) is 11.8 Å². The average Bonchev–Trinajstić information content (AvgIpc) is 2.68. The zero-order chi connectivity index (χ0) is 18.1. The second-order valence-electron chi connectivity index (χ2n) is 6.48. The fourth-order valence-electron chi connectivity index (χ4n) is 3.62. The molecule has 0 amide bonds. The molecule has 3 aromatic rings. The predicted octanol–water partition coefficient (Wildman–Crippen LogP) is 4.41. The number of phenolic OH excluding ortho intramolecular Hbond substituents is 2. The summed E-state index contributed by atoms with van der Waals surface area (Å²) in [4.78, 5) is 0. The van der Waals surface area contributed by atoms with Crippen molar-refractivity contribution in [2.24, 2.45) is 0 Å². The van der Waals surface area contributed by atoms with E-state index in [4.69, 9.17) is 9.47 Å². The maximum absolute atomic E-state index is 9.66. The number of phenols is 2.